The Hall–Kier alpha value is -1.09. The van der Waals surface area contributed by atoms with Gasteiger partial charge < -0.3 is 10.1 Å². The maximum absolute atomic E-state index is 14.0. The molecule has 18 heavy (non-hydrogen) atoms. The zero-order valence-electron chi connectivity index (χ0n) is 11.8. The minimum Gasteiger partial charge on any atom is -0.496 e. The maximum Gasteiger partial charge on any atom is 0.131 e. The van der Waals surface area contributed by atoms with Gasteiger partial charge in [0.05, 0.1) is 7.11 Å². The van der Waals surface area contributed by atoms with Crippen LogP contribution in [0.3, 0.4) is 0 Å². The summed E-state index contributed by atoms with van der Waals surface area (Å²) in [5.41, 5.74) is 0.648. The average molecular weight is 253 g/mol. The highest BCUT2D eigenvalue weighted by atomic mass is 19.1. The number of ether oxygens (including phenoxy) is 1. The zero-order valence-corrected chi connectivity index (χ0v) is 11.8. The van der Waals surface area contributed by atoms with E-state index in [1.807, 2.05) is 13.1 Å². The molecule has 0 amide bonds. The van der Waals surface area contributed by atoms with E-state index in [2.05, 4.69) is 19.2 Å². The van der Waals surface area contributed by atoms with Crippen LogP contribution in [0.25, 0.3) is 0 Å². The van der Waals surface area contributed by atoms with E-state index >= 15 is 0 Å². The maximum atomic E-state index is 14.0. The molecule has 0 fully saturated rings. The van der Waals surface area contributed by atoms with Crippen molar-refractivity contribution < 1.29 is 9.13 Å². The normalized spacial score (nSPS) is 12.8. The molecule has 3 heteroatoms. The molecule has 1 rings (SSSR count). The lowest BCUT2D eigenvalue weighted by Gasteiger charge is -2.24. The number of rotatable bonds is 7. The van der Waals surface area contributed by atoms with Gasteiger partial charge in [-0.15, -0.1) is 0 Å². The minimum absolute atomic E-state index is 0.00560. The molecule has 1 unspecified atom stereocenters. The standard InChI is InChI=1S/C15H24FNO/c1-5-11(6-2)10-13(17-3)15-12(16)8-7-9-14(15)18-4/h7-9,11,13,17H,5-6,10H2,1-4H3. The molecular formula is C15H24FNO. The lowest BCUT2D eigenvalue weighted by Crippen LogP contribution is -2.21. The van der Waals surface area contributed by atoms with E-state index in [9.17, 15) is 4.39 Å². The first-order chi connectivity index (χ1) is 8.67. The first-order valence-corrected chi connectivity index (χ1v) is 6.67. The summed E-state index contributed by atoms with van der Waals surface area (Å²) >= 11 is 0. The van der Waals surface area contributed by atoms with Gasteiger partial charge >= 0.3 is 0 Å². The van der Waals surface area contributed by atoms with Gasteiger partial charge in [-0.3, -0.25) is 0 Å². The third-order valence-corrected chi connectivity index (χ3v) is 3.65. The molecule has 2 nitrogen and oxygen atoms in total. The number of hydrogen-bond donors (Lipinski definition) is 1. The molecule has 0 aliphatic rings. The predicted octanol–water partition coefficient (Wildman–Crippen LogP) is 3.92. The average Bonchev–Trinajstić information content (AvgIpc) is 2.41. The van der Waals surface area contributed by atoms with Crippen molar-refractivity contribution in [1.29, 1.82) is 0 Å². The molecule has 0 aromatic heterocycles. The lowest BCUT2D eigenvalue weighted by atomic mass is 9.90. The second kappa shape index (κ2) is 7.37. The fraction of sp³-hybridized carbons (Fsp3) is 0.600. The van der Waals surface area contributed by atoms with E-state index in [1.54, 1.807) is 13.2 Å². The Labute approximate surface area is 110 Å². The topological polar surface area (TPSA) is 21.3 Å². The zero-order chi connectivity index (χ0) is 13.5. The highest BCUT2D eigenvalue weighted by Crippen LogP contribution is 2.32. The first-order valence-electron chi connectivity index (χ1n) is 6.67. The largest absolute Gasteiger partial charge is 0.496 e. The Morgan fingerprint density at radius 2 is 1.94 bits per heavy atom. The third kappa shape index (κ3) is 3.45. The van der Waals surface area contributed by atoms with Gasteiger partial charge in [-0.05, 0) is 31.5 Å². The van der Waals surface area contributed by atoms with Crippen LogP contribution in [0.4, 0.5) is 4.39 Å². The molecular weight excluding hydrogens is 229 g/mol. The molecule has 0 bridgehead atoms. The summed E-state index contributed by atoms with van der Waals surface area (Å²) in [7, 11) is 3.46. The Bertz CT molecular complexity index is 364. The molecule has 0 saturated carbocycles. The highest BCUT2D eigenvalue weighted by Gasteiger charge is 2.21. The van der Waals surface area contributed by atoms with Gasteiger partial charge in [0.15, 0.2) is 0 Å². The van der Waals surface area contributed by atoms with Crippen LogP contribution >= 0.6 is 0 Å². The minimum atomic E-state index is -0.195. The van der Waals surface area contributed by atoms with E-state index in [4.69, 9.17) is 4.74 Å². The van der Waals surface area contributed by atoms with Crippen molar-refractivity contribution in [3.63, 3.8) is 0 Å². The summed E-state index contributed by atoms with van der Waals surface area (Å²) in [6.45, 7) is 4.36. The van der Waals surface area contributed by atoms with Crippen LogP contribution in [0.1, 0.15) is 44.7 Å². The van der Waals surface area contributed by atoms with Crippen LogP contribution in [0.15, 0.2) is 18.2 Å². The molecule has 0 heterocycles. The summed E-state index contributed by atoms with van der Waals surface area (Å²) in [4.78, 5) is 0. The Kier molecular flexibility index (Phi) is 6.13. The molecule has 0 saturated heterocycles. The van der Waals surface area contributed by atoms with Gasteiger partial charge in [-0.2, -0.15) is 0 Å². The van der Waals surface area contributed by atoms with Crippen LogP contribution < -0.4 is 10.1 Å². The monoisotopic (exact) mass is 253 g/mol. The van der Waals surface area contributed by atoms with Gasteiger partial charge in [0.25, 0.3) is 0 Å². The Balaban J connectivity index is 3.00. The van der Waals surface area contributed by atoms with E-state index in [0.717, 1.165) is 19.3 Å². The van der Waals surface area contributed by atoms with Crippen molar-refractivity contribution >= 4 is 0 Å². The fourth-order valence-corrected chi connectivity index (χ4v) is 2.37. The summed E-state index contributed by atoms with van der Waals surface area (Å²) in [6, 6.07) is 5.00. The molecule has 1 atom stereocenters. The smallest absolute Gasteiger partial charge is 0.131 e. The predicted molar refractivity (Wildman–Crippen MR) is 73.4 cm³/mol. The molecule has 1 N–H and O–H groups in total. The summed E-state index contributed by atoms with van der Waals surface area (Å²) in [5.74, 6) is 1.03. The van der Waals surface area contributed by atoms with Gasteiger partial charge in [0, 0.05) is 11.6 Å². The third-order valence-electron chi connectivity index (χ3n) is 3.65. The SMILES string of the molecule is CCC(CC)CC(NC)c1c(F)cccc1OC. The van der Waals surface area contributed by atoms with Crippen molar-refractivity contribution in [2.75, 3.05) is 14.2 Å². The quantitative estimate of drug-likeness (QED) is 0.795. The van der Waals surface area contributed by atoms with Crippen molar-refractivity contribution in [2.45, 2.75) is 39.2 Å². The number of benzene rings is 1. The van der Waals surface area contributed by atoms with Crippen LogP contribution in [-0.4, -0.2) is 14.2 Å². The fourth-order valence-electron chi connectivity index (χ4n) is 2.37. The van der Waals surface area contributed by atoms with Gasteiger partial charge in [0.2, 0.25) is 0 Å². The summed E-state index contributed by atoms with van der Waals surface area (Å²) < 4.78 is 19.3. The van der Waals surface area contributed by atoms with Crippen molar-refractivity contribution in [3.8, 4) is 5.75 Å². The number of halogens is 1. The van der Waals surface area contributed by atoms with E-state index < -0.39 is 0 Å². The van der Waals surface area contributed by atoms with Crippen LogP contribution in [0, 0.1) is 11.7 Å². The van der Waals surface area contributed by atoms with Crippen molar-refractivity contribution in [3.05, 3.63) is 29.6 Å². The molecule has 1 aromatic rings. The summed E-state index contributed by atoms with van der Waals surface area (Å²) in [6.07, 6.45) is 3.16. The molecule has 102 valence electrons. The number of methoxy groups -OCH3 is 1. The number of nitrogens with one attached hydrogen (secondary N) is 1. The summed E-state index contributed by atoms with van der Waals surface area (Å²) in [5, 5.41) is 3.21. The van der Waals surface area contributed by atoms with Crippen LogP contribution in [0.2, 0.25) is 0 Å². The second-order valence-corrected chi connectivity index (χ2v) is 4.62. The Morgan fingerprint density at radius 1 is 1.28 bits per heavy atom. The van der Waals surface area contributed by atoms with Crippen LogP contribution in [0.5, 0.6) is 5.75 Å². The molecule has 1 aromatic carbocycles. The van der Waals surface area contributed by atoms with E-state index in [1.165, 1.54) is 6.07 Å². The van der Waals surface area contributed by atoms with Crippen LogP contribution in [-0.2, 0) is 0 Å². The number of hydrogen-bond acceptors (Lipinski definition) is 2. The van der Waals surface area contributed by atoms with Crippen molar-refractivity contribution in [1.82, 2.24) is 5.32 Å². The Morgan fingerprint density at radius 3 is 2.44 bits per heavy atom. The highest BCUT2D eigenvalue weighted by molar-refractivity contribution is 5.37. The lowest BCUT2D eigenvalue weighted by molar-refractivity contribution is 0.354. The van der Waals surface area contributed by atoms with E-state index in [-0.39, 0.29) is 11.9 Å². The second-order valence-electron chi connectivity index (χ2n) is 4.62. The molecule has 0 aliphatic heterocycles. The molecule has 0 aliphatic carbocycles. The first kappa shape index (κ1) is 15.0. The molecule has 0 spiro atoms. The van der Waals surface area contributed by atoms with E-state index in [0.29, 0.717) is 17.2 Å². The van der Waals surface area contributed by atoms with Gasteiger partial charge in [0.1, 0.15) is 11.6 Å². The van der Waals surface area contributed by atoms with Gasteiger partial charge in [-0.25, -0.2) is 4.39 Å². The van der Waals surface area contributed by atoms with Crippen molar-refractivity contribution in [2.24, 2.45) is 5.92 Å². The molecule has 0 radical (unpaired) electrons. The van der Waals surface area contributed by atoms with Gasteiger partial charge in [-0.1, -0.05) is 32.8 Å².